The predicted octanol–water partition coefficient (Wildman–Crippen LogP) is 12.2. The van der Waals surface area contributed by atoms with Crippen LogP contribution in [0, 0.1) is 0 Å². The molecular formula is C42H63PS. The maximum absolute atomic E-state index is 6.78. The Labute approximate surface area is 277 Å². The number of unbranched alkanes of at least 4 members (excludes halogenated alkanes) is 15. The Morgan fingerprint density at radius 2 is 0.568 bits per heavy atom. The number of hydrogen-bond acceptors (Lipinski definition) is 1. The lowest BCUT2D eigenvalue weighted by molar-refractivity contribution is 0.607. The molecular weight excluding hydrogens is 568 g/mol. The molecule has 0 bridgehead atoms. The molecule has 0 fully saturated rings. The monoisotopic (exact) mass is 630 g/mol. The SMILES string of the molecule is CCCCCCCCc1ccc(P(=S)(c2ccc(CCCCCCCC)cc2)c2ccc(CCCCCCCC)cc2)cc1. The van der Waals surface area contributed by atoms with Gasteiger partial charge >= 0.3 is 0 Å². The Morgan fingerprint density at radius 1 is 0.341 bits per heavy atom. The van der Waals surface area contributed by atoms with E-state index in [1.54, 1.807) is 0 Å². The third-order valence-corrected chi connectivity index (χ3v) is 14.3. The summed E-state index contributed by atoms with van der Waals surface area (Å²) >= 11 is 6.78. The van der Waals surface area contributed by atoms with E-state index in [2.05, 4.69) is 93.6 Å². The fourth-order valence-corrected chi connectivity index (χ4v) is 10.1. The third-order valence-electron chi connectivity index (χ3n) is 9.36. The Balaban J connectivity index is 1.73. The fourth-order valence-electron chi connectivity index (χ4n) is 6.39. The molecule has 0 aliphatic heterocycles. The van der Waals surface area contributed by atoms with Gasteiger partial charge in [0.1, 0.15) is 0 Å². The van der Waals surface area contributed by atoms with Crippen LogP contribution in [0.2, 0.25) is 0 Å². The van der Waals surface area contributed by atoms with Crippen molar-refractivity contribution in [2.24, 2.45) is 0 Å². The lowest BCUT2D eigenvalue weighted by Crippen LogP contribution is -2.25. The van der Waals surface area contributed by atoms with Crippen molar-refractivity contribution < 1.29 is 0 Å². The van der Waals surface area contributed by atoms with Crippen LogP contribution in [-0.4, -0.2) is 0 Å². The van der Waals surface area contributed by atoms with E-state index < -0.39 is 6.04 Å². The Kier molecular flexibility index (Phi) is 18.3. The van der Waals surface area contributed by atoms with Gasteiger partial charge in [-0.15, -0.1) is 0 Å². The first-order chi connectivity index (χ1) is 21.6. The standard InChI is InChI=1S/C42H63PS/c1-4-7-10-13-16-19-22-37-25-31-40(32-26-37)43(44,41-33-27-38(28-34-41)23-20-17-14-11-8-5-2)42-35-29-39(30-36-42)24-21-18-15-12-9-6-3/h25-36H,4-24H2,1-3H3. The molecule has 3 aromatic carbocycles. The third kappa shape index (κ3) is 12.6. The Hall–Kier alpha value is -1.69. The van der Waals surface area contributed by atoms with Crippen LogP contribution in [0.1, 0.15) is 153 Å². The molecule has 0 heterocycles. The first-order valence-corrected chi connectivity index (χ1v) is 21.3. The lowest BCUT2D eigenvalue weighted by atomic mass is 10.1. The van der Waals surface area contributed by atoms with Gasteiger partial charge < -0.3 is 0 Å². The van der Waals surface area contributed by atoms with Crippen molar-refractivity contribution in [1.29, 1.82) is 0 Å². The molecule has 2 heteroatoms. The second kappa shape index (κ2) is 21.9. The molecule has 0 N–H and O–H groups in total. The smallest absolute Gasteiger partial charge is 0.0379 e. The first-order valence-electron chi connectivity index (χ1n) is 18.5. The van der Waals surface area contributed by atoms with Crippen LogP contribution in [0.15, 0.2) is 72.8 Å². The summed E-state index contributed by atoms with van der Waals surface area (Å²) in [5.41, 5.74) is 4.36. The van der Waals surface area contributed by atoms with Gasteiger partial charge in [0.05, 0.1) is 0 Å². The van der Waals surface area contributed by atoms with Crippen molar-refractivity contribution in [3.63, 3.8) is 0 Å². The van der Waals surface area contributed by atoms with E-state index in [1.165, 1.54) is 167 Å². The molecule has 44 heavy (non-hydrogen) atoms. The number of rotatable bonds is 24. The van der Waals surface area contributed by atoms with Crippen LogP contribution in [0.5, 0.6) is 0 Å². The zero-order valence-electron chi connectivity index (χ0n) is 28.6. The summed E-state index contributed by atoms with van der Waals surface area (Å²) in [6, 6.07) is 26.2. The van der Waals surface area contributed by atoms with Gasteiger partial charge in [0.25, 0.3) is 0 Å². The molecule has 0 atom stereocenters. The fraction of sp³-hybridized carbons (Fsp3) is 0.571. The number of benzene rings is 3. The summed E-state index contributed by atoms with van der Waals surface area (Å²) in [4.78, 5) is 0. The molecule has 0 unspecified atom stereocenters. The molecule has 0 amide bonds. The minimum atomic E-state index is -2.14. The number of hydrogen-bond donors (Lipinski definition) is 0. The van der Waals surface area contributed by atoms with Crippen molar-refractivity contribution in [2.75, 3.05) is 0 Å². The van der Waals surface area contributed by atoms with Gasteiger partial charge in [-0.3, -0.25) is 0 Å². The summed E-state index contributed by atoms with van der Waals surface area (Å²) in [5.74, 6) is 0. The quantitative estimate of drug-likeness (QED) is 0.0701. The summed E-state index contributed by atoms with van der Waals surface area (Å²) in [6.07, 6.45) is 27.8. The zero-order valence-corrected chi connectivity index (χ0v) is 30.3. The molecule has 0 spiro atoms. The van der Waals surface area contributed by atoms with E-state index in [4.69, 9.17) is 11.8 Å². The van der Waals surface area contributed by atoms with Crippen LogP contribution in [0.3, 0.4) is 0 Å². The number of aryl methyl sites for hydroxylation is 3. The molecule has 0 nitrogen and oxygen atoms in total. The Morgan fingerprint density at radius 3 is 0.818 bits per heavy atom. The van der Waals surface area contributed by atoms with E-state index in [1.807, 2.05) is 0 Å². The Bertz CT molecular complexity index is 1020. The lowest BCUT2D eigenvalue weighted by Gasteiger charge is -2.25. The maximum Gasteiger partial charge on any atom is 0.0379 e. The van der Waals surface area contributed by atoms with Gasteiger partial charge in [0, 0.05) is 6.04 Å². The topological polar surface area (TPSA) is 0 Å². The van der Waals surface area contributed by atoms with Gasteiger partial charge in [0.15, 0.2) is 0 Å². The van der Waals surface area contributed by atoms with E-state index in [9.17, 15) is 0 Å². The predicted molar refractivity (Wildman–Crippen MR) is 204 cm³/mol. The van der Waals surface area contributed by atoms with Crippen LogP contribution < -0.4 is 15.9 Å². The summed E-state index contributed by atoms with van der Waals surface area (Å²) in [6.45, 7) is 6.87. The molecule has 0 radical (unpaired) electrons. The molecule has 242 valence electrons. The highest BCUT2D eigenvalue weighted by molar-refractivity contribution is 8.25. The van der Waals surface area contributed by atoms with Gasteiger partial charge in [0.2, 0.25) is 0 Å². The molecule has 0 aliphatic rings. The van der Waals surface area contributed by atoms with E-state index in [0.29, 0.717) is 0 Å². The van der Waals surface area contributed by atoms with Crippen molar-refractivity contribution in [3.8, 4) is 0 Å². The first kappa shape index (κ1) is 36.8. The van der Waals surface area contributed by atoms with Crippen molar-refractivity contribution >= 4 is 33.8 Å². The van der Waals surface area contributed by atoms with Crippen molar-refractivity contribution in [2.45, 2.75) is 156 Å². The molecule has 0 aliphatic carbocycles. The molecule has 0 aromatic heterocycles. The highest BCUT2D eigenvalue weighted by Gasteiger charge is 2.25. The van der Waals surface area contributed by atoms with Gasteiger partial charge in [-0.25, -0.2) is 0 Å². The second-order valence-corrected chi connectivity index (χ2v) is 17.6. The van der Waals surface area contributed by atoms with Crippen molar-refractivity contribution in [1.82, 2.24) is 0 Å². The summed E-state index contributed by atoms with van der Waals surface area (Å²) < 4.78 is 0. The molecule has 0 saturated carbocycles. The minimum Gasteiger partial charge on any atom is -0.0826 e. The largest absolute Gasteiger partial charge is 0.0826 e. The summed E-state index contributed by atoms with van der Waals surface area (Å²) in [7, 11) is 0. The van der Waals surface area contributed by atoms with Crippen molar-refractivity contribution in [3.05, 3.63) is 89.5 Å². The van der Waals surface area contributed by atoms with Crippen LogP contribution >= 0.6 is 6.04 Å². The highest BCUT2D eigenvalue weighted by atomic mass is 32.4. The van der Waals surface area contributed by atoms with Gasteiger partial charge in [-0.1, -0.05) is 202 Å². The van der Waals surface area contributed by atoms with Gasteiger partial charge in [-0.2, -0.15) is 0 Å². The summed E-state index contributed by atoms with van der Waals surface area (Å²) in [5, 5.41) is 3.98. The zero-order chi connectivity index (χ0) is 31.3. The molecule has 3 rings (SSSR count). The highest BCUT2D eigenvalue weighted by Crippen LogP contribution is 2.43. The van der Waals surface area contributed by atoms with Crippen LogP contribution in [0.4, 0.5) is 0 Å². The molecule has 0 saturated heterocycles. The average molecular weight is 631 g/mol. The maximum atomic E-state index is 6.78. The minimum absolute atomic E-state index is 1.18. The van der Waals surface area contributed by atoms with Crippen LogP contribution in [-0.2, 0) is 31.1 Å². The molecule has 3 aromatic rings. The normalized spacial score (nSPS) is 11.7. The van der Waals surface area contributed by atoms with E-state index in [0.717, 1.165) is 0 Å². The van der Waals surface area contributed by atoms with Crippen LogP contribution in [0.25, 0.3) is 0 Å². The van der Waals surface area contributed by atoms with E-state index in [-0.39, 0.29) is 0 Å². The van der Waals surface area contributed by atoms with E-state index >= 15 is 0 Å². The average Bonchev–Trinajstić information content (AvgIpc) is 3.06. The second-order valence-electron chi connectivity index (χ2n) is 13.2. The van der Waals surface area contributed by atoms with Gasteiger partial charge in [-0.05, 0) is 71.1 Å².